The molecule has 0 spiro atoms. The van der Waals surface area contributed by atoms with E-state index in [1.807, 2.05) is 0 Å². The Labute approximate surface area is 182 Å². The lowest BCUT2D eigenvalue weighted by atomic mass is 10.1. The van der Waals surface area contributed by atoms with Crippen molar-refractivity contribution in [2.24, 2.45) is 12.2 Å². The Bertz CT molecular complexity index is 1250. The number of carbonyl (C=O) groups is 1. The largest absolute Gasteiger partial charge is 0.326 e. The van der Waals surface area contributed by atoms with Crippen LogP contribution in [0.2, 0.25) is 5.02 Å². The normalized spacial score (nSPS) is 12.1. The minimum absolute atomic E-state index is 0.0250. The van der Waals surface area contributed by atoms with Gasteiger partial charge < -0.3 is 5.32 Å². The van der Waals surface area contributed by atoms with Gasteiger partial charge in [0.15, 0.2) is 0 Å². The monoisotopic (exact) mass is 468 g/mol. The van der Waals surface area contributed by atoms with Gasteiger partial charge >= 0.3 is 0 Å². The number of sulfonamides is 1. The summed E-state index contributed by atoms with van der Waals surface area (Å²) in [5.74, 6) is -3.63. The molecule has 3 rings (SSSR count). The number of hydrogen-bond donors (Lipinski definition) is 2. The third-order valence-corrected chi connectivity index (χ3v) is 5.81. The molecule has 0 fully saturated rings. The molecule has 1 heterocycles. The topological polar surface area (TPSA) is 107 Å². The van der Waals surface area contributed by atoms with E-state index in [1.165, 1.54) is 25.2 Å². The summed E-state index contributed by atoms with van der Waals surface area (Å²) in [6, 6.07) is 11.9. The summed E-state index contributed by atoms with van der Waals surface area (Å²) >= 11 is 6.06. The molecule has 0 radical (unpaired) electrons. The van der Waals surface area contributed by atoms with E-state index >= 15 is 0 Å². The average molecular weight is 469 g/mol. The van der Waals surface area contributed by atoms with Gasteiger partial charge in [-0.2, -0.15) is 13.9 Å². The molecule has 2 aromatic carbocycles. The second-order valence-electron chi connectivity index (χ2n) is 7.00. The van der Waals surface area contributed by atoms with E-state index in [-0.39, 0.29) is 28.3 Å². The fraction of sp³-hybridized carbons (Fsp3) is 0.200. The highest BCUT2D eigenvalue weighted by molar-refractivity contribution is 7.89. The van der Waals surface area contributed by atoms with Gasteiger partial charge in [0.05, 0.1) is 17.0 Å². The van der Waals surface area contributed by atoms with Gasteiger partial charge in [0.1, 0.15) is 5.69 Å². The zero-order valence-corrected chi connectivity index (χ0v) is 18.1. The van der Waals surface area contributed by atoms with Crippen molar-refractivity contribution >= 4 is 33.2 Å². The highest BCUT2D eigenvalue weighted by atomic mass is 35.5. The van der Waals surface area contributed by atoms with E-state index in [1.54, 1.807) is 24.3 Å². The lowest BCUT2D eigenvalue weighted by Gasteiger charge is -2.12. The van der Waals surface area contributed by atoms with Crippen LogP contribution in [0.3, 0.4) is 0 Å². The predicted molar refractivity (Wildman–Crippen MR) is 113 cm³/mol. The van der Waals surface area contributed by atoms with E-state index in [0.717, 1.165) is 10.7 Å². The van der Waals surface area contributed by atoms with Crippen molar-refractivity contribution < 1.29 is 22.0 Å². The quantitative estimate of drug-likeness (QED) is 0.575. The molecule has 0 aliphatic heterocycles. The van der Waals surface area contributed by atoms with Crippen LogP contribution in [0, 0.1) is 0 Å². The van der Waals surface area contributed by atoms with Crippen LogP contribution in [0.5, 0.6) is 0 Å². The number of hydrogen-bond acceptors (Lipinski definition) is 4. The first-order chi connectivity index (χ1) is 14.4. The highest BCUT2D eigenvalue weighted by Crippen LogP contribution is 2.33. The number of rotatable bonds is 6. The van der Waals surface area contributed by atoms with Crippen LogP contribution < -0.4 is 10.5 Å². The van der Waals surface area contributed by atoms with E-state index < -0.39 is 27.5 Å². The first-order valence-corrected chi connectivity index (χ1v) is 10.9. The Hall–Kier alpha value is -2.82. The molecular formula is C20H19ClF2N4O3S. The molecule has 0 atom stereocenters. The fourth-order valence-corrected chi connectivity index (χ4v) is 3.97. The molecule has 0 aliphatic carbocycles. The number of primary sulfonamides is 1. The summed E-state index contributed by atoms with van der Waals surface area (Å²) in [5, 5.41) is 12.1. The van der Waals surface area contributed by atoms with Crippen molar-refractivity contribution in [3.63, 3.8) is 0 Å². The minimum atomic E-state index is -4.25. The summed E-state index contributed by atoms with van der Waals surface area (Å²) in [6.45, 7) is 0.692. The van der Waals surface area contributed by atoms with E-state index in [0.29, 0.717) is 17.5 Å². The van der Waals surface area contributed by atoms with E-state index in [2.05, 4.69) is 10.4 Å². The zero-order valence-electron chi connectivity index (χ0n) is 16.6. The molecular weight excluding hydrogens is 450 g/mol. The molecule has 3 N–H and O–H groups in total. The standard InChI is InChI=1S/C20H19ClF2N4O3S/c1-20(22,23)18-11-16(27(2)26-18)14-8-7-13(10-17(14)31(24,29)30)25-19(28)9-12-5-3-4-6-15(12)21/h3-8,10-11H,9H2,1-2H3,(H,25,28)(H2,24,29,30). The van der Waals surface area contributed by atoms with Gasteiger partial charge in [-0.3, -0.25) is 9.48 Å². The van der Waals surface area contributed by atoms with Gasteiger partial charge in [0.2, 0.25) is 15.9 Å². The molecule has 0 saturated carbocycles. The predicted octanol–water partition coefficient (Wildman–Crippen LogP) is 3.68. The molecule has 1 amide bonds. The number of carbonyl (C=O) groups excluding carboxylic acids is 1. The first kappa shape index (κ1) is 22.9. The lowest BCUT2D eigenvalue weighted by Crippen LogP contribution is -2.17. The maximum absolute atomic E-state index is 13.6. The fourth-order valence-electron chi connectivity index (χ4n) is 3.00. The Morgan fingerprint density at radius 1 is 1.23 bits per heavy atom. The summed E-state index contributed by atoms with van der Waals surface area (Å²) in [6.07, 6.45) is -0.0250. The number of nitrogens with zero attached hydrogens (tertiary/aromatic N) is 2. The van der Waals surface area contributed by atoms with Crippen molar-refractivity contribution in [3.05, 3.63) is 64.8 Å². The Morgan fingerprint density at radius 3 is 2.48 bits per heavy atom. The lowest BCUT2D eigenvalue weighted by molar-refractivity contribution is -0.115. The first-order valence-electron chi connectivity index (χ1n) is 8.99. The SMILES string of the molecule is Cn1nc(C(C)(F)F)cc1-c1ccc(NC(=O)Cc2ccccc2Cl)cc1S(N)(=O)=O. The molecule has 0 saturated heterocycles. The van der Waals surface area contributed by atoms with E-state index in [9.17, 15) is 22.0 Å². The van der Waals surface area contributed by atoms with Crippen LogP contribution in [0.25, 0.3) is 11.3 Å². The highest BCUT2D eigenvalue weighted by Gasteiger charge is 2.30. The number of aryl methyl sites for hydroxylation is 1. The minimum Gasteiger partial charge on any atom is -0.326 e. The second kappa shape index (κ2) is 8.37. The maximum atomic E-state index is 13.6. The average Bonchev–Trinajstić information content (AvgIpc) is 3.05. The summed E-state index contributed by atoms with van der Waals surface area (Å²) in [5.41, 5.74) is 0.481. The van der Waals surface area contributed by atoms with Crippen LogP contribution in [0.1, 0.15) is 18.2 Å². The smallest absolute Gasteiger partial charge is 0.288 e. The number of benzene rings is 2. The molecule has 164 valence electrons. The van der Waals surface area contributed by atoms with Crippen LogP contribution >= 0.6 is 11.6 Å². The zero-order chi connectivity index (χ0) is 23.0. The number of anilines is 1. The van der Waals surface area contributed by atoms with Crippen LogP contribution in [-0.2, 0) is 34.2 Å². The molecule has 3 aromatic rings. The van der Waals surface area contributed by atoms with E-state index in [4.69, 9.17) is 16.7 Å². The Morgan fingerprint density at radius 2 is 1.90 bits per heavy atom. The third kappa shape index (κ3) is 5.27. The summed E-state index contributed by atoms with van der Waals surface area (Å²) in [7, 11) is -2.84. The second-order valence-corrected chi connectivity index (χ2v) is 8.94. The van der Waals surface area contributed by atoms with Crippen molar-refractivity contribution in [1.29, 1.82) is 0 Å². The van der Waals surface area contributed by atoms with Crippen molar-refractivity contribution in [2.45, 2.75) is 24.2 Å². The maximum Gasteiger partial charge on any atom is 0.288 e. The van der Waals surface area contributed by atoms with Crippen LogP contribution in [0.4, 0.5) is 14.5 Å². The number of alkyl halides is 2. The van der Waals surface area contributed by atoms with Crippen LogP contribution in [0.15, 0.2) is 53.4 Å². The molecule has 0 bridgehead atoms. The van der Waals surface area contributed by atoms with Crippen molar-refractivity contribution in [2.75, 3.05) is 5.32 Å². The molecule has 1 aromatic heterocycles. The van der Waals surface area contributed by atoms with Crippen molar-refractivity contribution in [1.82, 2.24) is 9.78 Å². The molecule has 7 nitrogen and oxygen atoms in total. The number of amides is 1. The molecule has 0 aliphatic rings. The summed E-state index contributed by atoms with van der Waals surface area (Å²) < 4.78 is 52.8. The summed E-state index contributed by atoms with van der Waals surface area (Å²) in [4.78, 5) is 12.0. The number of nitrogens with two attached hydrogens (primary N) is 1. The Kier molecular flexibility index (Phi) is 6.17. The molecule has 31 heavy (non-hydrogen) atoms. The Balaban J connectivity index is 1.96. The number of nitrogens with one attached hydrogen (secondary N) is 1. The third-order valence-electron chi connectivity index (χ3n) is 4.49. The van der Waals surface area contributed by atoms with Gasteiger partial charge in [-0.1, -0.05) is 29.8 Å². The van der Waals surface area contributed by atoms with Gasteiger partial charge in [0.25, 0.3) is 5.92 Å². The van der Waals surface area contributed by atoms with Crippen LogP contribution in [-0.4, -0.2) is 24.1 Å². The van der Waals surface area contributed by atoms with Crippen molar-refractivity contribution in [3.8, 4) is 11.3 Å². The van der Waals surface area contributed by atoms with Gasteiger partial charge in [-0.25, -0.2) is 13.6 Å². The number of halogens is 3. The van der Waals surface area contributed by atoms with Gasteiger partial charge in [0, 0.05) is 30.2 Å². The van der Waals surface area contributed by atoms with Gasteiger partial charge in [-0.05, 0) is 35.9 Å². The van der Waals surface area contributed by atoms with Gasteiger partial charge in [-0.15, -0.1) is 0 Å². The molecule has 0 unspecified atom stereocenters. The number of aromatic nitrogens is 2. The molecule has 11 heteroatoms.